The second kappa shape index (κ2) is 10.8. The van der Waals surface area contributed by atoms with Gasteiger partial charge in [0.1, 0.15) is 18.2 Å². The van der Waals surface area contributed by atoms with E-state index in [1.165, 1.54) is 6.08 Å². The summed E-state index contributed by atoms with van der Waals surface area (Å²) in [5.74, 6) is 0.642. The van der Waals surface area contributed by atoms with Gasteiger partial charge < -0.3 is 14.8 Å². The number of nitrogens with zero attached hydrogens (tertiary/aromatic N) is 1. The van der Waals surface area contributed by atoms with E-state index >= 15 is 0 Å². The van der Waals surface area contributed by atoms with Crippen LogP contribution >= 0.6 is 23.2 Å². The molecule has 0 atom stereocenters. The number of benzene rings is 2. The van der Waals surface area contributed by atoms with E-state index in [4.69, 9.17) is 32.7 Å². The first-order valence-electron chi connectivity index (χ1n) is 9.10. The van der Waals surface area contributed by atoms with E-state index < -0.39 is 5.91 Å². The molecule has 0 heterocycles. The molecule has 1 amide bonds. The SMILES string of the molecule is CCOc1cc(/C=C(/C#N)C(=O)NC(C)C)ccc1OCc1ccc(Cl)c(Cl)c1. The second-order valence-electron chi connectivity index (χ2n) is 6.47. The van der Waals surface area contributed by atoms with Crippen molar-refractivity contribution < 1.29 is 14.3 Å². The van der Waals surface area contributed by atoms with E-state index in [1.807, 2.05) is 32.9 Å². The lowest BCUT2D eigenvalue weighted by Gasteiger charge is -2.13. The standard InChI is InChI=1S/C22H22Cl2N2O3/c1-4-28-21-11-15(9-17(12-25)22(27)26-14(2)3)6-8-20(21)29-13-16-5-7-18(23)19(24)10-16/h5-11,14H,4,13H2,1-3H3,(H,26,27)/b17-9-. The lowest BCUT2D eigenvalue weighted by atomic mass is 10.1. The molecule has 0 aliphatic rings. The third-order valence-electron chi connectivity index (χ3n) is 3.74. The van der Waals surface area contributed by atoms with Crippen LogP contribution in [0.5, 0.6) is 11.5 Å². The lowest BCUT2D eigenvalue weighted by Crippen LogP contribution is -2.30. The van der Waals surface area contributed by atoms with E-state index in [0.717, 1.165) is 5.56 Å². The summed E-state index contributed by atoms with van der Waals surface area (Å²) >= 11 is 12.0. The van der Waals surface area contributed by atoms with Gasteiger partial charge in [0.15, 0.2) is 11.5 Å². The van der Waals surface area contributed by atoms with Crippen LogP contribution in [0.3, 0.4) is 0 Å². The third kappa shape index (κ3) is 6.70. The fourth-order valence-electron chi connectivity index (χ4n) is 2.45. The molecule has 7 heteroatoms. The quantitative estimate of drug-likeness (QED) is 0.447. The smallest absolute Gasteiger partial charge is 0.262 e. The summed E-state index contributed by atoms with van der Waals surface area (Å²) in [4.78, 5) is 12.1. The van der Waals surface area contributed by atoms with Crippen molar-refractivity contribution in [3.05, 3.63) is 63.1 Å². The Morgan fingerprint density at radius 1 is 1.14 bits per heavy atom. The van der Waals surface area contributed by atoms with Gasteiger partial charge in [-0.1, -0.05) is 35.3 Å². The van der Waals surface area contributed by atoms with E-state index in [0.29, 0.717) is 33.7 Å². The highest BCUT2D eigenvalue weighted by molar-refractivity contribution is 6.42. The molecule has 0 radical (unpaired) electrons. The number of nitrogens with one attached hydrogen (secondary N) is 1. The predicted octanol–water partition coefficient (Wildman–Crippen LogP) is 5.40. The molecule has 0 aliphatic carbocycles. The summed E-state index contributed by atoms with van der Waals surface area (Å²) in [6, 6.07) is 12.4. The number of halogens is 2. The number of amides is 1. The Morgan fingerprint density at radius 3 is 2.52 bits per heavy atom. The minimum Gasteiger partial charge on any atom is -0.490 e. The second-order valence-corrected chi connectivity index (χ2v) is 7.29. The Labute approximate surface area is 180 Å². The molecule has 0 aromatic heterocycles. The highest BCUT2D eigenvalue weighted by Gasteiger charge is 2.12. The highest BCUT2D eigenvalue weighted by Crippen LogP contribution is 2.31. The van der Waals surface area contributed by atoms with Gasteiger partial charge in [0.2, 0.25) is 0 Å². The lowest BCUT2D eigenvalue weighted by molar-refractivity contribution is -0.117. The number of ether oxygens (including phenoxy) is 2. The van der Waals surface area contributed by atoms with Gasteiger partial charge in [0.05, 0.1) is 16.7 Å². The molecule has 2 aromatic rings. The highest BCUT2D eigenvalue weighted by atomic mass is 35.5. The van der Waals surface area contributed by atoms with Crippen molar-refractivity contribution in [1.29, 1.82) is 5.26 Å². The van der Waals surface area contributed by atoms with Gasteiger partial charge in [-0.25, -0.2) is 0 Å². The number of hydrogen-bond acceptors (Lipinski definition) is 4. The fraction of sp³-hybridized carbons (Fsp3) is 0.273. The largest absolute Gasteiger partial charge is 0.490 e. The monoisotopic (exact) mass is 432 g/mol. The van der Waals surface area contributed by atoms with Crippen LogP contribution in [-0.2, 0) is 11.4 Å². The zero-order valence-corrected chi connectivity index (χ0v) is 18.0. The first kappa shape index (κ1) is 22.6. The number of carbonyl (C=O) groups is 1. The molecule has 152 valence electrons. The van der Waals surface area contributed by atoms with Crippen LogP contribution in [0.4, 0.5) is 0 Å². The van der Waals surface area contributed by atoms with Crippen molar-refractivity contribution in [2.45, 2.75) is 33.4 Å². The van der Waals surface area contributed by atoms with Gasteiger partial charge in [0.25, 0.3) is 5.91 Å². The Morgan fingerprint density at radius 2 is 1.90 bits per heavy atom. The fourth-order valence-corrected chi connectivity index (χ4v) is 2.77. The van der Waals surface area contributed by atoms with E-state index in [2.05, 4.69) is 5.32 Å². The van der Waals surface area contributed by atoms with Crippen LogP contribution in [0.1, 0.15) is 31.9 Å². The molecule has 0 unspecified atom stereocenters. The molecule has 2 aromatic carbocycles. The summed E-state index contributed by atoms with van der Waals surface area (Å²) in [7, 11) is 0. The molecular formula is C22H22Cl2N2O3. The molecule has 0 saturated heterocycles. The maximum absolute atomic E-state index is 12.1. The average molecular weight is 433 g/mol. The summed E-state index contributed by atoms with van der Waals surface area (Å²) in [5, 5.41) is 12.9. The molecule has 2 rings (SSSR count). The van der Waals surface area contributed by atoms with E-state index in [-0.39, 0.29) is 18.2 Å². The summed E-state index contributed by atoms with van der Waals surface area (Å²) in [6.07, 6.45) is 1.52. The summed E-state index contributed by atoms with van der Waals surface area (Å²) in [6.45, 7) is 6.25. The van der Waals surface area contributed by atoms with E-state index in [1.54, 1.807) is 30.3 Å². The summed E-state index contributed by atoms with van der Waals surface area (Å²) < 4.78 is 11.5. The average Bonchev–Trinajstić information content (AvgIpc) is 2.67. The van der Waals surface area contributed by atoms with Crippen LogP contribution in [0.2, 0.25) is 10.0 Å². The Hall–Kier alpha value is -2.68. The topological polar surface area (TPSA) is 71.3 Å². The Bertz CT molecular complexity index is 950. The molecule has 0 saturated carbocycles. The molecule has 0 bridgehead atoms. The van der Waals surface area contributed by atoms with Crippen molar-refractivity contribution in [1.82, 2.24) is 5.32 Å². The molecule has 0 aliphatic heterocycles. The van der Waals surface area contributed by atoms with Gasteiger partial charge in [-0.05, 0) is 62.2 Å². The van der Waals surface area contributed by atoms with Gasteiger partial charge in [-0.2, -0.15) is 5.26 Å². The van der Waals surface area contributed by atoms with E-state index in [9.17, 15) is 10.1 Å². The Kier molecular flexibility index (Phi) is 8.38. The number of nitriles is 1. The van der Waals surface area contributed by atoms with Gasteiger partial charge in [0, 0.05) is 6.04 Å². The van der Waals surface area contributed by atoms with Crippen molar-refractivity contribution in [3.8, 4) is 17.6 Å². The van der Waals surface area contributed by atoms with Crippen LogP contribution in [0.15, 0.2) is 42.0 Å². The molecule has 29 heavy (non-hydrogen) atoms. The van der Waals surface area contributed by atoms with Gasteiger partial charge >= 0.3 is 0 Å². The maximum atomic E-state index is 12.1. The molecular weight excluding hydrogens is 411 g/mol. The zero-order valence-electron chi connectivity index (χ0n) is 16.5. The predicted molar refractivity (Wildman–Crippen MR) is 115 cm³/mol. The van der Waals surface area contributed by atoms with Crippen LogP contribution < -0.4 is 14.8 Å². The molecule has 5 nitrogen and oxygen atoms in total. The minimum atomic E-state index is -0.416. The van der Waals surface area contributed by atoms with Gasteiger partial charge in [-0.15, -0.1) is 0 Å². The number of rotatable bonds is 8. The molecule has 0 spiro atoms. The number of hydrogen-bond donors (Lipinski definition) is 1. The van der Waals surface area contributed by atoms with Crippen LogP contribution in [0, 0.1) is 11.3 Å². The summed E-state index contributed by atoms with van der Waals surface area (Å²) in [5.41, 5.74) is 1.54. The van der Waals surface area contributed by atoms with Crippen molar-refractivity contribution in [3.63, 3.8) is 0 Å². The normalized spacial score (nSPS) is 11.1. The molecule has 1 N–H and O–H groups in total. The maximum Gasteiger partial charge on any atom is 0.262 e. The van der Waals surface area contributed by atoms with Crippen molar-refractivity contribution in [2.75, 3.05) is 6.61 Å². The first-order chi connectivity index (χ1) is 13.8. The third-order valence-corrected chi connectivity index (χ3v) is 4.48. The van der Waals surface area contributed by atoms with Crippen molar-refractivity contribution in [2.24, 2.45) is 0 Å². The van der Waals surface area contributed by atoms with Crippen molar-refractivity contribution >= 4 is 35.2 Å². The first-order valence-corrected chi connectivity index (χ1v) is 9.85. The number of carbonyl (C=O) groups excluding carboxylic acids is 1. The Balaban J connectivity index is 2.23. The zero-order chi connectivity index (χ0) is 21.4. The van der Waals surface area contributed by atoms with Crippen LogP contribution in [-0.4, -0.2) is 18.6 Å². The van der Waals surface area contributed by atoms with Crippen LogP contribution in [0.25, 0.3) is 6.08 Å². The molecule has 0 fully saturated rings. The van der Waals surface area contributed by atoms with Gasteiger partial charge in [-0.3, -0.25) is 4.79 Å². The minimum absolute atomic E-state index is 0.0191.